The summed E-state index contributed by atoms with van der Waals surface area (Å²) >= 11 is 0. The molecule has 1 aliphatic rings. The monoisotopic (exact) mass is 249 g/mol. The first-order valence-corrected chi connectivity index (χ1v) is 7.74. The summed E-state index contributed by atoms with van der Waals surface area (Å²) in [5.74, 6) is 0. The highest BCUT2D eigenvalue weighted by atomic mass is 32.2. The van der Waals surface area contributed by atoms with Gasteiger partial charge in [-0.05, 0) is 19.9 Å². The first-order valence-electron chi connectivity index (χ1n) is 5.85. The summed E-state index contributed by atoms with van der Waals surface area (Å²) < 4.78 is 24.7. The van der Waals surface area contributed by atoms with Crippen LogP contribution >= 0.6 is 0 Å². The Hall–Kier alpha value is -0.170. The highest BCUT2D eigenvalue weighted by molar-refractivity contribution is 7.88. The fourth-order valence-electron chi connectivity index (χ4n) is 2.15. The predicted molar refractivity (Wildman–Crippen MR) is 66.0 cm³/mol. The van der Waals surface area contributed by atoms with E-state index in [1.165, 1.54) is 6.26 Å². The Morgan fingerprint density at radius 2 is 2.12 bits per heavy atom. The Kier molecular flexibility index (Phi) is 5.17. The van der Waals surface area contributed by atoms with Crippen molar-refractivity contribution in [3.63, 3.8) is 0 Å². The van der Waals surface area contributed by atoms with Crippen molar-refractivity contribution in [2.24, 2.45) is 0 Å². The smallest absolute Gasteiger partial charge is 0.208 e. The number of nitrogens with one attached hydrogen (secondary N) is 2. The van der Waals surface area contributed by atoms with Crippen molar-refractivity contribution in [3.05, 3.63) is 0 Å². The standard InChI is InChI=1S/C10H23N3O2S/c1-4-5-13-9(2)6-11-7-10(13)8-12-16(3,14)15/h9-12H,4-8H2,1-3H3. The molecule has 96 valence electrons. The van der Waals surface area contributed by atoms with E-state index < -0.39 is 10.0 Å². The van der Waals surface area contributed by atoms with E-state index in [1.807, 2.05) is 0 Å². The minimum absolute atomic E-state index is 0.262. The van der Waals surface area contributed by atoms with Gasteiger partial charge >= 0.3 is 0 Å². The number of nitrogens with zero attached hydrogens (tertiary/aromatic N) is 1. The number of hydrogen-bond acceptors (Lipinski definition) is 4. The van der Waals surface area contributed by atoms with Gasteiger partial charge in [-0.1, -0.05) is 6.92 Å². The average molecular weight is 249 g/mol. The van der Waals surface area contributed by atoms with Gasteiger partial charge in [0.25, 0.3) is 0 Å². The van der Waals surface area contributed by atoms with Crippen LogP contribution in [0.4, 0.5) is 0 Å². The molecule has 5 nitrogen and oxygen atoms in total. The molecule has 0 aromatic heterocycles. The summed E-state index contributed by atoms with van der Waals surface area (Å²) in [6.45, 7) is 7.68. The lowest BCUT2D eigenvalue weighted by molar-refractivity contribution is 0.109. The zero-order valence-electron chi connectivity index (χ0n) is 10.4. The van der Waals surface area contributed by atoms with Crippen LogP contribution in [0, 0.1) is 0 Å². The number of piperazine rings is 1. The van der Waals surface area contributed by atoms with Crippen molar-refractivity contribution >= 4 is 10.0 Å². The van der Waals surface area contributed by atoms with Gasteiger partial charge in [-0.25, -0.2) is 13.1 Å². The Morgan fingerprint density at radius 3 is 2.69 bits per heavy atom. The summed E-state index contributed by atoms with van der Waals surface area (Å²) in [5.41, 5.74) is 0. The van der Waals surface area contributed by atoms with E-state index >= 15 is 0 Å². The molecule has 0 amide bonds. The first-order chi connectivity index (χ1) is 7.44. The molecule has 0 aromatic carbocycles. The van der Waals surface area contributed by atoms with Crippen LogP contribution in [0.2, 0.25) is 0 Å². The van der Waals surface area contributed by atoms with Crippen LogP contribution in [0.15, 0.2) is 0 Å². The normalized spacial score (nSPS) is 28.2. The van der Waals surface area contributed by atoms with Crippen LogP contribution in [0.3, 0.4) is 0 Å². The maximum atomic E-state index is 11.1. The van der Waals surface area contributed by atoms with E-state index in [9.17, 15) is 8.42 Å². The molecule has 0 spiro atoms. The van der Waals surface area contributed by atoms with Crippen LogP contribution in [0.1, 0.15) is 20.3 Å². The summed E-state index contributed by atoms with van der Waals surface area (Å²) in [4.78, 5) is 2.38. The Labute approximate surface area is 98.6 Å². The van der Waals surface area contributed by atoms with Crippen LogP contribution in [-0.2, 0) is 10.0 Å². The third-order valence-corrected chi connectivity index (χ3v) is 3.61. The molecule has 2 unspecified atom stereocenters. The lowest BCUT2D eigenvalue weighted by Gasteiger charge is -2.41. The molecule has 0 radical (unpaired) electrons. The Morgan fingerprint density at radius 1 is 1.44 bits per heavy atom. The third kappa shape index (κ3) is 4.37. The predicted octanol–water partition coefficient (Wildman–Crippen LogP) is -0.392. The molecule has 16 heavy (non-hydrogen) atoms. The van der Waals surface area contributed by atoms with E-state index in [4.69, 9.17) is 0 Å². The van der Waals surface area contributed by atoms with E-state index in [0.717, 1.165) is 26.1 Å². The van der Waals surface area contributed by atoms with Gasteiger partial charge in [0, 0.05) is 31.7 Å². The second-order valence-corrected chi connectivity index (χ2v) is 6.35. The SMILES string of the molecule is CCCN1C(C)CNCC1CNS(C)(=O)=O. The zero-order valence-corrected chi connectivity index (χ0v) is 11.2. The fourth-order valence-corrected chi connectivity index (χ4v) is 2.65. The highest BCUT2D eigenvalue weighted by Crippen LogP contribution is 2.10. The van der Waals surface area contributed by atoms with Gasteiger partial charge in [0.2, 0.25) is 10.0 Å². The van der Waals surface area contributed by atoms with Crippen molar-refractivity contribution in [1.82, 2.24) is 14.9 Å². The van der Waals surface area contributed by atoms with Crippen molar-refractivity contribution in [3.8, 4) is 0 Å². The van der Waals surface area contributed by atoms with Crippen molar-refractivity contribution in [2.75, 3.05) is 32.4 Å². The molecule has 1 aliphatic heterocycles. The number of rotatable bonds is 5. The van der Waals surface area contributed by atoms with Gasteiger partial charge in [0.05, 0.1) is 6.26 Å². The van der Waals surface area contributed by atoms with Gasteiger partial charge in [0.1, 0.15) is 0 Å². The molecule has 1 heterocycles. The summed E-state index contributed by atoms with van der Waals surface area (Å²) in [5, 5.41) is 3.33. The van der Waals surface area contributed by atoms with Crippen LogP contribution < -0.4 is 10.0 Å². The molecule has 1 rings (SSSR count). The molecule has 2 N–H and O–H groups in total. The third-order valence-electron chi connectivity index (χ3n) is 2.92. The lowest BCUT2D eigenvalue weighted by Crippen LogP contribution is -2.59. The summed E-state index contributed by atoms with van der Waals surface area (Å²) in [6.07, 6.45) is 2.30. The summed E-state index contributed by atoms with van der Waals surface area (Å²) in [7, 11) is -3.08. The van der Waals surface area contributed by atoms with E-state index in [-0.39, 0.29) is 6.04 Å². The quantitative estimate of drug-likeness (QED) is 0.696. The number of hydrogen-bond donors (Lipinski definition) is 2. The van der Waals surface area contributed by atoms with Gasteiger partial charge in [-0.3, -0.25) is 4.90 Å². The number of sulfonamides is 1. The van der Waals surface area contributed by atoms with Crippen molar-refractivity contribution < 1.29 is 8.42 Å². The van der Waals surface area contributed by atoms with Crippen LogP contribution in [0.5, 0.6) is 0 Å². The van der Waals surface area contributed by atoms with Crippen molar-refractivity contribution in [2.45, 2.75) is 32.4 Å². The largest absolute Gasteiger partial charge is 0.314 e. The van der Waals surface area contributed by atoms with E-state index in [2.05, 4.69) is 28.8 Å². The summed E-state index contributed by atoms with van der Waals surface area (Å²) in [6, 6.07) is 0.735. The zero-order chi connectivity index (χ0) is 12.2. The molecule has 1 fully saturated rings. The van der Waals surface area contributed by atoms with Crippen molar-refractivity contribution in [1.29, 1.82) is 0 Å². The van der Waals surface area contributed by atoms with Gasteiger partial charge in [0.15, 0.2) is 0 Å². The maximum absolute atomic E-state index is 11.1. The molecule has 0 bridgehead atoms. The molecule has 1 saturated heterocycles. The van der Waals surface area contributed by atoms with Crippen LogP contribution in [-0.4, -0.2) is 57.8 Å². The molecular weight excluding hydrogens is 226 g/mol. The van der Waals surface area contributed by atoms with E-state index in [0.29, 0.717) is 12.6 Å². The van der Waals surface area contributed by atoms with Gasteiger partial charge in [-0.2, -0.15) is 0 Å². The molecule has 2 atom stereocenters. The average Bonchev–Trinajstić information content (AvgIpc) is 2.18. The van der Waals surface area contributed by atoms with Gasteiger partial charge in [-0.15, -0.1) is 0 Å². The topological polar surface area (TPSA) is 61.4 Å². The maximum Gasteiger partial charge on any atom is 0.208 e. The molecule has 6 heteroatoms. The minimum atomic E-state index is -3.08. The highest BCUT2D eigenvalue weighted by Gasteiger charge is 2.27. The molecule has 0 saturated carbocycles. The molecule has 0 aliphatic carbocycles. The molecular formula is C10H23N3O2S. The lowest BCUT2D eigenvalue weighted by atomic mass is 10.1. The fraction of sp³-hybridized carbons (Fsp3) is 1.00. The minimum Gasteiger partial charge on any atom is -0.314 e. The second kappa shape index (κ2) is 5.95. The second-order valence-electron chi connectivity index (χ2n) is 4.52. The van der Waals surface area contributed by atoms with Crippen LogP contribution in [0.25, 0.3) is 0 Å². The molecule has 0 aromatic rings. The Bertz CT molecular complexity index is 305. The first kappa shape index (κ1) is 13.9. The Balaban J connectivity index is 2.54. The van der Waals surface area contributed by atoms with Gasteiger partial charge < -0.3 is 5.32 Å². The van der Waals surface area contributed by atoms with E-state index in [1.54, 1.807) is 0 Å².